The highest BCUT2D eigenvalue weighted by atomic mass is 32.2. The number of benzene rings is 1. The maximum absolute atomic E-state index is 13.2. The molecule has 0 unspecified atom stereocenters. The summed E-state index contributed by atoms with van der Waals surface area (Å²) in [5.41, 5.74) is 2.19. The lowest BCUT2D eigenvalue weighted by atomic mass is 10.1. The van der Waals surface area contributed by atoms with Crippen LogP contribution in [-0.2, 0) is 16.6 Å². The quantitative estimate of drug-likeness (QED) is 0.758. The van der Waals surface area contributed by atoms with Crippen LogP contribution in [0.5, 0.6) is 0 Å². The Hall–Kier alpha value is -2.71. The first-order valence-corrected chi connectivity index (χ1v) is 8.74. The molecule has 0 saturated heterocycles. The van der Waals surface area contributed by atoms with Crippen LogP contribution in [0.3, 0.4) is 0 Å². The van der Waals surface area contributed by atoms with E-state index in [4.69, 9.17) is 0 Å². The second-order valence-electron chi connectivity index (χ2n) is 5.19. The molecule has 0 aliphatic carbocycles. The molecule has 1 aromatic carbocycles. The molecule has 5 nitrogen and oxygen atoms in total. The molecule has 0 bridgehead atoms. The second kappa shape index (κ2) is 7.04. The first-order valence-electron chi connectivity index (χ1n) is 7.26. The van der Waals surface area contributed by atoms with Gasteiger partial charge < -0.3 is 0 Å². The van der Waals surface area contributed by atoms with Gasteiger partial charge in [0, 0.05) is 30.7 Å². The van der Waals surface area contributed by atoms with E-state index in [0.717, 1.165) is 17.7 Å². The smallest absolute Gasteiger partial charge is 0.240 e. The molecule has 0 fully saturated rings. The lowest BCUT2D eigenvalue weighted by Gasteiger charge is -2.08. The first kappa shape index (κ1) is 17.1. The molecule has 0 radical (unpaired) electrons. The fraction of sp³-hybridized carbons (Fsp3) is 0.0588. The zero-order valence-electron chi connectivity index (χ0n) is 12.9. The van der Waals surface area contributed by atoms with Crippen molar-refractivity contribution in [3.05, 3.63) is 78.3 Å². The van der Waals surface area contributed by atoms with Gasteiger partial charge >= 0.3 is 0 Å². The van der Waals surface area contributed by atoms with Crippen LogP contribution in [0.2, 0.25) is 0 Å². The Morgan fingerprint density at radius 2 is 1.68 bits per heavy atom. The largest absolute Gasteiger partial charge is 0.265 e. The average Bonchev–Trinajstić information content (AvgIpc) is 2.63. The summed E-state index contributed by atoms with van der Waals surface area (Å²) < 4.78 is 52.9. The SMILES string of the molecule is O=S(=O)(NCc1ccnc(-c2ccncc2)c1)c1ccc(F)c(F)c1. The summed E-state index contributed by atoms with van der Waals surface area (Å²) in [7, 11) is -3.96. The van der Waals surface area contributed by atoms with Gasteiger partial charge in [0.25, 0.3) is 0 Å². The van der Waals surface area contributed by atoms with E-state index in [0.29, 0.717) is 17.3 Å². The van der Waals surface area contributed by atoms with Crippen LogP contribution in [0.1, 0.15) is 5.56 Å². The number of halogens is 2. The topological polar surface area (TPSA) is 72.0 Å². The van der Waals surface area contributed by atoms with Crippen LogP contribution in [-0.4, -0.2) is 18.4 Å². The van der Waals surface area contributed by atoms with Crippen LogP contribution >= 0.6 is 0 Å². The predicted molar refractivity (Wildman–Crippen MR) is 87.9 cm³/mol. The molecular formula is C17H13F2N3O2S. The maximum atomic E-state index is 13.2. The molecule has 1 N–H and O–H groups in total. The normalized spacial score (nSPS) is 11.4. The van der Waals surface area contributed by atoms with Crippen LogP contribution in [0.4, 0.5) is 8.78 Å². The minimum Gasteiger partial charge on any atom is -0.265 e. The lowest BCUT2D eigenvalue weighted by Crippen LogP contribution is -2.23. The molecule has 2 aromatic heterocycles. The van der Waals surface area contributed by atoms with Gasteiger partial charge in [-0.1, -0.05) is 0 Å². The number of rotatable bonds is 5. The third-order valence-electron chi connectivity index (χ3n) is 3.47. The highest BCUT2D eigenvalue weighted by molar-refractivity contribution is 7.89. The molecule has 0 amide bonds. The van der Waals surface area contributed by atoms with Crippen molar-refractivity contribution in [1.29, 1.82) is 0 Å². The van der Waals surface area contributed by atoms with Gasteiger partial charge in [0.1, 0.15) is 0 Å². The zero-order chi connectivity index (χ0) is 17.9. The summed E-state index contributed by atoms with van der Waals surface area (Å²) in [5.74, 6) is -2.32. The number of nitrogens with zero attached hydrogens (tertiary/aromatic N) is 2. The third kappa shape index (κ3) is 4.04. The summed E-state index contributed by atoms with van der Waals surface area (Å²) in [4.78, 5) is 7.83. The van der Waals surface area contributed by atoms with Crippen LogP contribution in [0, 0.1) is 11.6 Å². The number of pyridine rings is 2. The van der Waals surface area contributed by atoms with Gasteiger partial charge in [-0.15, -0.1) is 0 Å². The second-order valence-corrected chi connectivity index (χ2v) is 6.95. The van der Waals surface area contributed by atoms with E-state index in [2.05, 4.69) is 14.7 Å². The van der Waals surface area contributed by atoms with Crippen molar-refractivity contribution >= 4 is 10.0 Å². The van der Waals surface area contributed by atoms with Crippen molar-refractivity contribution in [2.24, 2.45) is 0 Å². The fourth-order valence-corrected chi connectivity index (χ4v) is 3.20. The number of aromatic nitrogens is 2. The van der Waals surface area contributed by atoms with Crippen molar-refractivity contribution < 1.29 is 17.2 Å². The Kier molecular flexibility index (Phi) is 4.82. The highest BCUT2D eigenvalue weighted by Gasteiger charge is 2.16. The Bertz CT molecular complexity index is 996. The van der Waals surface area contributed by atoms with E-state index in [1.807, 2.05) is 0 Å². The standard InChI is InChI=1S/C17H13F2N3O2S/c18-15-2-1-14(10-16(15)19)25(23,24)22-11-12-3-8-21-17(9-12)13-4-6-20-7-5-13/h1-10,22H,11H2. The molecular weight excluding hydrogens is 348 g/mol. The van der Waals surface area contributed by atoms with Crippen molar-refractivity contribution in [3.8, 4) is 11.3 Å². The summed E-state index contributed by atoms with van der Waals surface area (Å²) in [6.45, 7) is -0.0120. The first-order chi connectivity index (χ1) is 12.0. The molecule has 3 aromatic rings. The predicted octanol–water partition coefficient (Wildman–Crippen LogP) is 2.90. The third-order valence-corrected chi connectivity index (χ3v) is 4.87. The average molecular weight is 361 g/mol. The number of sulfonamides is 1. The van der Waals surface area contributed by atoms with Crippen LogP contribution < -0.4 is 4.72 Å². The minimum absolute atomic E-state index is 0.0120. The molecule has 0 atom stereocenters. The van der Waals surface area contributed by atoms with E-state index in [9.17, 15) is 17.2 Å². The van der Waals surface area contributed by atoms with Crippen LogP contribution in [0.15, 0.2) is 66.0 Å². The molecule has 8 heteroatoms. The van der Waals surface area contributed by atoms with Gasteiger partial charge in [-0.25, -0.2) is 21.9 Å². The van der Waals surface area contributed by atoms with Crippen molar-refractivity contribution in [2.45, 2.75) is 11.4 Å². The number of nitrogens with one attached hydrogen (secondary N) is 1. The van der Waals surface area contributed by atoms with Crippen molar-refractivity contribution in [1.82, 2.24) is 14.7 Å². The van der Waals surface area contributed by atoms with Gasteiger partial charge in [0.2, 0.25) is 10.0 Å². The zero-order valence-corrected chi connectivity index (χ0v) is 13.7. The fourth-order valence-electron chi connectivity index (χ4n) is 2.17. The van der Waals surface area contributed by atoms with E-state index in [1.54, 1.807) is 42.9 Å². The van der Waals surface area contributed by atoms with E-state index < -0.39 is 21.7 Å². The molecule has 0 saturated carbocycles. The van der Waals surface area contributed by atoms with Gasteiger partial charge in [-0.05, 0) is 48.0 Å². The molecule has 25 heavy (non-hydrogen) atoms. The minimum atomic E-state index is -3.96. The Morgan fingerprint density at radius 1 is 0.920 bits per heavy atom. The van der Waals surface area contributed by atoms with E-state index in [-0.39, 0.29) is 11.4 Å². The Labute approximate surface area is 143 Å². The Balaban J connectivity index is 1.78. The molecule has 128 valence electrons. The summed E-state index contributed by atoms with van der Waals surface area (Å²) in [5, 5.41) is 0. The van der Waals surface area contributed by atoms with Gasteiger partial charge in [0.15, 0.2) is 11.6 Å². The van der Waals surface area contributed by atoms with E-state index >= 15 is 0 Å². The number of hydrogen-bond acceptors (Lipinski definition) is 4. The highest BCUT2D eigenvalue weighted by Crippen LogP contribution is 2.18. The van der Waals surface area contributed by atoms with Gasteiger partial charge in [0.05, 0.1) is 10.6 Å². The van der Waals surface area contributed by atoms with Crippen molar-refractivity contribution in [3.63, 3.8) is 0 Å². The van der Waals surface area contributed by atoms with Crippen molar-refractivity contribution in [2.75, 3.05) is 0 Å². The maximum Gasteiger partial charge on any atom is 0.240 e. The monoisotopic (exact) mass is 361 g/mol. The lowest BCUT2D eigenvalue weighted by molar-refractivity contribution is 0.504. The van der Waals surface area contributed by atoms with E-state index in [1.165, 1.54) is 0 Å². The molecule has 0 spiro atoms. The molecule has 0 aliphatic rings. The Morgan fingerprint density at radius 3 is 2.40 bits per heavy atom. The summed E-state index contributed by atoms with van der Waals surface area (Å²) >= 11 is 0. The van der Waals surface area contributed by atoms with Gasteiger partial charge in [-0.3, -0.25) is 9.97 Å². The number of hydrogen-bond donors (Lipinski definition) is 1. The van der Waals surface area contributed by atoms with Gasteiger partial charge in [-0.2, -0.15) is 0 Å². The summed E-state index contributed by atoms with van der Waals surface area (Å²) in [6.07, 6.45) is 4.84. The molecule has 2 heterocycles. The molecule has 0 aliphatic heterocycles. The molecule has 3 rings (SSSR count). The van der Waals surface area contributed by atoms with Crippen LogP contribution in [0.25, 0.3) is 11.3 Å². The summed E-state index contributed by atoms with van der Waals surface area (Å²) in [6, 6.07) is 9.41.